The van der Waals surface area contributed by atoms with Crippen LogP contribution in [0, 0.1) is 10.1 Å². The lowest BCUT2D eigenvalue weighted by Crippen LogP contribution is -2.11. The quantitative estimate of drug-likeness (QED) is 0.329. The lowest BCUT2D eigenvalue weighted by atomic mass is 10.2. The van der Waals surface area contributed by atoms with Crippen molar-refractivity contribution >= 4 is 23.1 Å². The summed E-state index contributed by atoms with van der Waals surface area (Å²) in [6.07, 6.45) is 3.37. The highest BCUT2D eigenvalue weighted by Crippen LogP contribution is 2.31. The van der Waals surface area contributed by atoms with Gasteiger partial charge in [-0.05, 0) is 5.56 Å². The fourth-order valence-corrected chi connectivity index (χ4v) is 2.32. The molecule has 2 aromatic rings. The number of nitrogens with one attached hydrogen (secondary N) is 2. The number of H-pyrrole nitrogens is 1. The van der Waals surface area contributed by atoms with Gasteiger partial charge in [0.2, 0.25) is 0 Å². The summed E-state index contributed by atoms with van der Waals surface area (Å²) >= 11 is 1.45. The first-order valence-electron chi connectivity index (χ1n) is 5.07. The number of anilines is 1. The van der Waals surface area contributed by atoms with Crippen LogP contribution in [0.4, 0.5) is 11.4 Å². The van der Waals surface area contributed by atoms with Crippen LogP contribution in [0.25, 0.3) is 0 Å². The van der Waals surface area contributed by atoms with Gasteiger partial charge < -0.3 is 10.4 Å². The monoisotopic (exact) mass is 265 g/mol. The van der Waals surface area contributed by atoms with Crippen LogP contribution in [0.2, 0.25) is 0 Å². The molecule has 1 aromatic carbocycles. The van der Waals surface area contributed by atoms with Crippen molar-refractivity contribution in [3.8, 4) is 0 Å². The van der Waals surface area contributed by atoms with Gasteiger partial charge >= 0.3 is 0 Å². The molecule has 1 aromatic heterocycles. The number of hydrogen-bond donors (Lipinski definition) is 3. The van der Waals surface area contributed by atoms with Crippen LogP contribution in [0.15, 0.2) is 35.7 Å². The average Bonchev–Trinajstić information content (AvgIpc) is 2.88. The zero-order valence-corrected chi connectivity index (χ0v) is 10.1. The highest BCUT2D eigenvalue weighted by atomic mass is 32.2. The zero-order chi connectivity index (χ0) is 13.0. The second-order valence-corrected chi connectivity index (χ2v) is 4.36. The lowest BCUT2D eigenvalue weighted by molar-refractivity contribution is -0.384. The summed E-state index contributed by atoms with van der Waals surface area (Å²) in [5, 5.41) is 11.6. The van der Waals surface area contributed by atoms with E-state index in [0.717, 1.165) is 10.7 Å². The second kappa shape index (κ2) is 5.52. The maximum Gasteiger partial charge on any atom is 0.293 e. The first kappa shape index (κ1) is 12.4. The Morgan fingerprint density at radius 2 is 2.39 bits per heavy atom. The average molecular weight is 265 g/mol. The maximum atomic E-state index is 10.9. The number of hydrazine groups is 1. The third-order valence-electron chi connectivity index (χ3n) is 2.31. The van der Waals surface area contributed by atoms with E-state index >= 15 is 0 Å². The Morgan fingerprint density at radius 1 is 1.56 bits per heavy atom. The Morgan fingerprint density at radius 3 is 3.00 bits per heavy atom. The minimum Gasteiger partial charge on any atom is -0.340 e. The van der Waals surface area contributed by atoms with E-state index in [1.165, 1.54) is 17.8 Å². The second-order valence-electron chi connectivity index (χ2n) is 3.40. The van der Waals surface area contributed by atoms with Gasteiger partial charge in [-0.3, -0.25) is 16.0 Å². The molecule has 0 saturated heterocycles. The number of nitrogen functional groups attached to an aromatic ring is 1. The number of thioether (sulfide) groups is 1. The van der Waals surface area contributed by atoms with Crippen LogP contribution in [-0.2, 0) is 5.75 Å². The molecule has 1 heterocycles. The number of imidazole rings is 1. The molecule has 0 aliphatic rings. The van der Waals surface area contributed by atoms with E-state index in [1.807, 2.05) is 0 Å². The molecule has 7 nitrogen and oxygen atoms in total. The van der Waals surface area contributed by atoms with Crippen LogP contribution >= 0.6 is 11.8 Å². The highest BCUT2D eigenvalue weighted by Gasteiger charge is 2.16. The van der Waals surface area contributed by atoms with Crippen LogP contribution < -0.4 is 11.3 Å². The summed E-state index contributed by atoms with van der Waals surface area (Å²) in [7, 11) is 0. The Balaban J connectivity index is 2.22. The third kappa shape index (κ3) is 2.60. The van der Waals surface area contributed by atoms with Gasteiger partial charge in [0.1, 0.15) is 5.69 Å². The molecule has 0 atom stereocenters. The molecule has 0 spiro atoms. The number of nitrogens with two attached hydrogens (primary N) is 1. The molecule has 0 aliphatic carbocycles. The molecule has 18 heavy (non-hydrogen) atoms. The molecule has 0 radical (unpaired) electrons. The highest BCUT2D eigenvalue weighted by molar-refractivity contribution is 7.98. The predicted octanol–water partition coefficient (Wildman–Crippen LogP) is 1.90. The van der Waals surface area contributed by atoms with E-state index < -0.39 is 4.92 Å². The predicted molar refractivity (Wildman–Crippen MR) is 69.1 cm³/mol. The summed E-state index contributed by atoms with van der Waals surface area (Å²) in [6.45, 7) is 0. The topological polar surface area (TPSA) is 110 Å². The molecule has 0 aliphatic heterocycles. The summed E-state index contributed by atoms with van der Waals surface area (Å²) in [4.78, 5) is 17.4. The van der Waals surface area contributed by atoms with E-state index in [9.17, 15) is 10.1 Å². The number of aromatic nitrogens is 2. The molecule has 0 saturated carbocycles. The van der Waals surface area contributed by atoms with E-state index in [1.54, 1.807) is 24.5 Å². The molecule has 8 heteroatoms. The molecule has 0 fully saturated rings. The Labute approximate surface area is 107 Å². The van der Waals surface area contributed by atoms with Crippen molar-refractivity contribution in [2.24, 2.45) is 5.84 Å². The Bertz CT molecular complexity index is 543. The molecule has 0 bridgehead atoms. The van der Waals surface area contributed by atoms with Gasteiger partial charge in [-0.2, -0.15) is 0 Å². The van der Waals surface area contributed by atoms with Crippen molar-refractivity contribution in [2.45, 2.75) is 10.9 Å². The van der Waals surface area contributed by atoms with Crippen molar-refractivity contribution in [1.82, 2.24) is 9.97 Å². The first-order chi connectivity index (χ1) is 8.72. The van der Waals surface area contributed by atoms with Gasteiger partial charge in [0.15, 0.2) is 5.16 Å². The van der Waals surface area contributed by atoms with E-state index in [2.05, 4.69) is 15.4 Å². The summed E-state index contributed by atoms with van der Waals surface area (Å²) in [5.74, 6) is 5.89. The molecular weight excluding hydrogens is 254 g/mol. The third-order valence-corrected chi connectivity index (χ3v) is 3.26. The number of nitro benzene ring substituents is 1. The van der Waals surface area contributed by atoms with Gasteiger partial charge in [0.05, 0.1) is 4.92 Å². The van der Waals surface area contributed by atoms with E-state index in [-0.39, 0.29) is 5.69 Å². The summed E-state index contributed by atoms with van der Waals surface area (Å²) in [5.41, 5.74) is 3.45. The molecule has 0 unspecified atom stereocenters. The van der Waals surface area contributed by atoms with Crippen molar-refractivity contribution < 1.29 is 4.92 Å². The number of aromatic amines is 1. The summed E-state index contributed by atoms with van der Waals surface area (Å²) < 4.78 is 0. The molecule has 4 N–H and O–H groups in total. The van der Waals surface area contributed by atoms with E-state index in [4.69, 9.17) is 5.84 Å². The number of nitrogens with zero attached hydrogens (tertiary/aromatic N) is 2. The number of hydrogen-bond acceptors (Lipinski definition) is 6. The van der Waals surface area contributed by atoms with Crippen LogP contribution in [0.3, 0.4) is 0 Å². The SMILES string of the molecule is NNc1c(CSc2ncc[nH]2)cccc1[N+](=O)[O-]. The standard InChI is InChI=1S/C10H11N5O2S/c11-14-9-7(2-1-3-8(9)15(16)17)6-18-10-12-4-5-13-10/h1-5,14H,6,11H2,(H,12,13). The van der Waals surface area contributed by atoms with Gasteiger partial charge in [0, 0.05) is 24.2 Å². The lowest BCUT2D eigenvalue weighted by Gasteiger charge is -2.08. The molecule has 0 amide bonds. The molecule has 2 rings (SSSR count). The van der Waals surface area contributed by atoms with Gasteiger partial charge in [-0.25, -0.2) is 4.98 Å². The largest absolute Gasteiger partial charge is 0.340 e. The Hall–Kier alpha value is -2.06. The number of benzene rings is 1. The minimum absolute atomic E-state index is 0.0324. The molecular formula is C10H11N5O2S. The first-order valence-corrected chi connectivity index (χ1v) is 6.06. The van der Waals surface area contributed by atoms with Crippen molar-refractivity contribution in [2.75, 3.05) is 5.43 Å². The van der Waals surface area contributed by atoms with Crippen molar-refractivity contribution in [3.05, 3.63) is 46.3 Å². The van der Waals surface area contributed by atoms with Gasteiger partial charge in [0.25, 0.3) is 5.69 Å². The normalized spacial score (nSPS) is 10.3. The van der Waals surface area contributed by atoms with Crippen LogP contribution in [-0.4, -0.2) is 14.9 Å². The maximum absolute atomic E-state index is 10.9. The fraction of sp³-hybridized carbons (Fsp3) is 0.100. The van der Waals surface area contributed by atoms with Crippen LogP contribution in [0.1, 0.15) is 5.56 Å². The van der Waals surface area contributed by atoms with Crippen molar-refractivity contribution in [1.29, 1.82) is 0 Å². The number of nitro groups is 1. The van der Waals surface area contributed by atoms with Gasteiger partial charge in [-0.15, -0.1) is 0 Å². The van der Waals surface area contributed by atoms with Crippen molar-refractivity contribution in [3.63, 3.8) is 0 Å². The molecule has 94 valence electrons. The Kier molecular flexibility index (Phi) is 3.80. The zero-order valence-electron chi connectivity index (χ0n) is 9.29. The number of para-hydroxylation sites is 1. The smallest absolute Gasteiger partial charge is 0.293 e. The summed E-state index contributed by atoms with van der Waals surface area (Å²) in [6, 6.07) is 4.84. The minimum atomic E-state index is -0.462. The van der Waals surface area contributed by atoms with Crippen LogP contribution in [0.5, 0.6) is 0 Å². The number of rotatable bonds is 5. The van der Waals surface area contributed by atoms with E-state index in [0.29, 0.717) is 11.4 Å². The van der Waals surface area contributed by atoms with Gasteiger partial charge in [-0.1, -0.05) is 23.9 Å². The fourth-order valence-electron chi connectivity index (χ4n) is 1.50.